The van der Waals surface area contributed by atoms with Crippen LogP contribution < -0.4 is 0 Å². The lowest BCUT2D eigenvalue weighted by atomic mass is 10.3. The summed E-state index contributed by atoms with van der Waals surface area (Å²) in [6.07, 6.45) is 3.01. The molecule has 0 spiro atoms. The van der Waals surface area contributed by atoms with Crippen LogP contribution >= 0.6 is 0 Å². The van der Waals surface area contributed by atoms with Gasteiger partial charge in [0.15, 0.2) is 6.61 Å². The van der Waals surface area contributed by atoms with E-state index in [-0.39, 0.29) is 12.5 Å². The van der Waals surface area contributed by atoms with Crippen molar-refractivity contribution in [1.82, 2.24) is 14.7 Å². The zero-order chi connectivity index (χ0) is 15.9. The summed E-state index contributed by atoms with van der Waals surface area (Å²) in [7, 11) is 0. The van der Waals surface area contributed by atoms with Crippen LogP contribution in [0.25, 0.3) is 5.69 Å². The van der Waals surface area contributed by atoms with Gasteiger partial charge in [-0.25, -0.2) is 9.48 Å². The first-order valence-corrected chi connectivity index (χ1v) is 7.20. The van der Waals surface area contributed by atoms with Crippen molar-refractivity contribution in [1.29, 1.82) is 0 Å². The number of rotatable bonds is 6. The number of benzene rings is 1. The first-order chi connectivity index (χ1) is 10.7. The van der Waals surface area contributed by atoms with Crippen molar-refractivity contribution < 1.29 is 14.3 Å². The van der Waals surface area contributed by atoms with Crippen molar-refractivity contribution >= 4 is 11.9 Å². The summed E-state index contributed by atoms with van der Waals surface area (Å²) < 4.78 is 6.63. The quantitative estimate of drug-likeness (QED) is 0.764. The lowest BCUT2D eigenvalue weighted by Gasteiger charge is -2.17. The average molecular weight is 301 g/mol. The van der Waals surface area contributed by atoms with E-state index < -0.39 is 5.97 Å². The minimum absolute atomic E-state index is 0.200. The van der Waals surface area contributed by atoms with Gasteiger partial charge >= 0.3 is 5.97 Å². The summed E-state index contributed by atoms with van der Waals surface area (Å²) in [4.78, 5) is 25.4. The third-order valence-electron chi connectivity index (χ3n) is 3.28. The minimum Gasteiger partial charge on any atom is -0.452 e. The standard InChI is InChI=1S/C16H19N3O3/c1-3-18(4-2)15(20)12-22-16(21)13-10-17-19(11-13)14-8-6-5-7-9-14/h5-11H,3-4,12H2,1-2H3. The Balaban J connectivity index is 1.97. The van der Waals surface area contributed by atoms with Crippen LogP contribution in [-0.2, 0) is 9.53 Å². The van der Waals surface area contributed by atoms with E-state index in [1.54, 1.807) is 15.8 Å². The molecule has 0 saturated heterocycles. The van der Waals surface area contributed by atoms with Crippen LogP contribution in [0.5, 0.6) is 0 Å². The number of likely N-dealkylation sites (N-methyl/N-ethyl adjacent to an activating group) is 1. The van der Waals surface area contributed by atoms with E-state index in [0.717, 1.165) is 5.69 Å². The molecule has 1 aromatic carbocycles. The number of carbonyl (C=O) groups excluding carboxylic acids is 2. The largest absolute Gasteiger partial charge is 0.452 e. The summed E-state index contributed by atoms with van der Waals surface area (Å²) in [6, 6.07) is 9.44. The van der Waals surface area contributed by atoms with E-state index in [0.29, 0.717) is 18.7 Å². The van der Waals surface area contributed by atoms with E-state index in [4.69, 9.17) is 4.74 Å². The van der Waals surface area contributed by atoms with Crippen molar-refractivity contribution in [3.63, 3.8) is 0 Å². The molecule has 6 nitrogen and oxygen atoms in total. The maximum Gasteiger partial charge on any atom is 0.341 e. The number of nitrogens with zero attached hydrogens (tertiary/aromatic N) is 3. The highest BCUT2D eigenvalue weighted by Crippen LogP contribution is 2.08. The lowest BCUT2D eigenvalue weighted by molar-refractivity contribution is -0.134. The Morgan fingerprint density at radius 2 is 1.86 bits per heavy atom. The van der Waals surface area contributed by atoms with Crippen molar-refractivity contribution in [2.75, 3.05) is 19.7 Å². The van der Waals surface area contributed by atoms with Gasteiger partial charge in [0, 0.05) is 19.3 Å². The third-order valence-corrected chi connectivity index (χ3v) is 3.28. The average Bonchev–Trinajstić information content (AvgIpc) is 3.04. The van der Waals surface area contributed by atoms with Gasteiger partial charge in [0.25, 0.3) is 5.91 Å². The first kappa shape index (κ1) is 15.8. The molecule has 22 heavy (non-hydrogen) atoms. The van der Waals surface area contributed by atoms with Gasteiger partial charge in [-0.3, -0.25) is 4.79 Å². The van der Waals surface area contributed by atoms with Gasteiger partial charge in [0.1, 0.15) is 0 Å². The van der Waals surface area contributed by atoms with E-state index in [9.17, 15) is 9.59 Å². The van der Waals surface area contributed by atoms with Gasteiger partial charge in [0.05, 0.1) is 17.4 Å². The Morgan fingerprint density at radius 3 is 2.50 bits per heavy atom. The molecular formula is C16H19N3O3. The minimum atomic E-state index is -0.553. The summed E-state index contributed by atoms with van der Waals surface area (Å²) in [5.74, 6) is -0.753. The van der Waals surface area contributed by atoms with E-state index in [1.807, 2.05) is 44.2 Å². The van der Waals surface area contributed by atoms with Crippen LogP contribution in [0.15, 0.2) is 42.7 Å². The molecule has 0 fully saturated rings. The van der Waals surface area contributed by atoms with Crippen LogP contribution in [0.2, 0.25) is 0 Å². The maximum atomic E-state index is 11.9. The third kappa shape index (κ3) is 3.72. The van der Waals surface area contributed by atoms with Crippen molar-refractivity contribution in [2.24, 2.45) is 0 Å². The fraction of sp³-hybridized carbons (Fsp3) is 0.312. The van der Waals surface area contributed by atoms with Crippen molar-refractivity contribution in [2.45, 2.75) is 13.8 Å². The zero-order valence-electron chi connectivity index (χ0n) is 12.7. The van der Waals surface area contributed by atoms with E-state index in [2.05, 4.69) is 5.10 Å². The number of aromatic nitrogens is 2. The van der Waals surface area contributed by atoms with Gasteiger partial charge in [-0.2, -0.15) is 5.10 Å². The van der Waals surface area contributed by atoms with E-state index >= 15 is 0 Å². The van der Waals surface area contributed by atoms with Gasteiger partial charge in [-0.15, -0.1) is 0 Å². The fourth-order valence-corrected chi connectivity index (χ4v) is 2.03. The Hall–Kier alpha value is -2.63. The normalized spacial score (nSPS) is 10.3. The predicted molar refractivity (Wildman–Crippen MR) is 81.8 cm³/mol. The molecule has 2 aromatic rings. The second-order valence-electron chi connectivity index (χ2n) is 4.65. The second-order valence-corrected chi connectivity index (χ2v) is 4.65. The van der Waals surface area contributed by atoms with Gasteiger partial charge < -0.3 is 9.64 Å². The van der Waals surface area contributed by atoms with Crippen LogP contribution in [0.4, 0.5) is 0 Å². The molecular weight excluding hydrogens is 282 g/mol. The SMILES string of the molecule is CCN(CC)C(=O)COC(=O)c1cnn(-c2ccccc2)c1. The molecule has 0 aliphatic heterocycles. The molecule has 0 radical (unpaired) electrons. The highest BCUT2D eigenvalue weighted by molar-refractivity contribution is 5.90. The fourth-order valence-electron chi connectivity index (χ4n) is 2.03. The van der Waals surface area contributed by atoms with Crippen LogP contribution in [0, 0.1) is 0 Å². The van der Waals surface area contributed by atoms with Gasteiger partial charge in [0.2, 0.25) is 0 Å². The summed E-state index contributed by atoms with van der Waals surface area (Å²) in [5.41, 5.74) is 1.16. The molecule has 0 bridgehead atoms. The molecule has 0 N–H and O–H groups in total. The van der Waals surface area contributed by atoms with Crippen LogP contribution in [0.1, 0.15) is 24.2 Å². The summed E-state index contributed by atoms with van der Waals surface area (Å²) >= 11 is 0. The number of amides is 1. The lowest BCUT2D eigenvalue weighted by Crippen LogP contribution is -2.34. The number of ether oxygens (including phenoxy) is 1. The monoisotopic (exact) mass is 301 g/mol. The molecule has 0 unspecified atom stereocenters. The number of carbonyl (C=O) groups is 2. The Morgan fingerprint density at radius 1 is 1.18 bits per heavy atom. The number of para-hydroxylation sites is 1. The van der Waals surface area contributed by atoms with Crippen molar-refractivity contribution in [3.05, 3.63) is 48.3 Å². The first-order valence-electron chi connectivity index (χ1n) is 7.20. The Kier molecular flexibility index (Phi) is 5.30. The number of hydrogen-bond donors (Lipinski definition) is 0. The predicted octanol–water partition coefficient (Wildman–Crippen LogP) is 1.90. The highest BCUT2D eigenvalue weighted by Gasteiger charge is 2.15. The molecule has 6 heteroatoms. The number of hydrogen-bond acceptors (Lipinski definition) is 4. The zero-order valence-corrected chi connectivity index (χ0v) is 12.7. The summed E-state index contributed by atoms with van der Waals surface area (Å²) in [6.45, 7) is 4.70. The molecule has 0 saturated carbocycles. The summed E-state index contributed by atoms with van der Waals surface area (Å²) in [5, 5.41) is 4.12. The molecule has 0 atom stereocenters. The molecule has 1 amide bonds. The molecule has 0 aliphatic carbocycles. The van der Waals surface area contributed by atoms with E-state index in [1.165, 1.54) is 6.20 Å². The maximum absolute atomic E-state index is 11.9. The smallest absolute Gasteiger partial charge is 0.341 e. The van der Waals surface area contributed by atoms with Gasteiger partial charge in [-0.1, -0.05) is 18.2 Å². The Bertz CT molecular complexity index is 633. The van der Waals surface area contributed by atoms with Crippen LogP contribution in [0.3, 0.4) is 0 Å². The van der Waals surface area contributed by atoms with Gasteiger partial charge in [-0.05, 0) is 26.0 Å². The second kappa shape index (κ2) is 7.40. The van der Waals surface area contributed by atoms with Crippen LogP contribution in [-0.4, -0.2) is 46.3 Å². The molecule has 1 heterocycles. The van der Waals surface area contributed by atoms with Crippen molar-refractivity contribution in [3.8, 4) is 5.69 Å². The molecule has 116 valence electrons. The molecule has 2 rings (SSSR count). The highest BCUT2D eigenvalue weighted by atomic mass is 16.5. The Labute approximate surface area is 129 Å². The molecule has 1 aromatic heterocycles. The topological polar surface area (TPSA) is 64.4 Å². The molecule has 0 aliphatic rings. The number of esters is 1.